The predicted octanol–water partition coefficient (Wildman–Crippen LogP) is 2.56. The lowest BCUT2D eigenvalue weighted by Gasteiger charge is -2.34. The van der Waals surface area contributed by atoms with E-state index in [2.05, 4.69) is 37.8 Å². The van der Waals surface area contributed by atoms with Crippen LogP contribution in [0.25, 0.3) is 0 Å². The van der Waals surface area contributed by atoms with Crippen LogP contribution in [0.3, 0.4) is 0 Å². The molecule has 16 heavy (non-hydrogen) atoms. The van der Waals surface area contributed by atoms with Gasteiger partial charge in [0.05, 0.1) is 5.69 Å². The summed E-state index contributed by atoms with van der Waals surface area (Å²) in [5, 5.41) is 0. The van der Waals surface area contributed by atoms with E-state index in [0.29, 0.717) is 0 Å². The van der Waals surface area contributed by atoms with Gasteiger partial charge in [0, 0.05) is 29.8 Å². The maximum absolute atomic E-state index is 5.92. The zero-order valence-corrected chi connectivity index (χ0v) is 11.1. The standard InChI is InChI=1S/C13H20N2S/c1-9-4-5-12-13(11(9)3)15(6-7-16-12)8-10(2)14/h4-5,10H,6-8,14H2,1-3H3. The third-order valence-electron chi connectivity index (χ3n) is 3.11. The fourth-order valence-corrected chi connectivity index (χ4v) is 3.31. The van der Waals surface area contributed by atoms with Gasteiger partial charge in [-0.3, -0.25) is 0 Å². The topological polar surface area (TPSA) is 29.3 Å². The molecule has 1 unspecified atom stereocenters. The minimum Gasteiger partial charge on any atom is -0.368 e. The highest BCUT2D eigenvalue weighted by molar-refractivity contribution is 7.99. The summed E-state index contributed by atoms with van der Waals surface area (Å²) in [4.78, 5) is 3.86. The molecule has 2 rings (SSSR count). The summed E-state index contributed by atoms with van der Waals surface area (Å²) in [5.74, 6) is 1.17. The van der Waals surface area contributed by atoms with Crippen molar-refractivity contribution in [2.45, 2.75) is 31.7 Å². The average molecular weight is 236 g/mol. The molecular weight excluding hydrogens is 216 g/mol. The molecule has 0 radical (unpaired) electrons. The van der Waals surface area contributed by atoms with Crippen LogP contribution in [0, 0.1) is 13.8 Å². The Bertz CT molecular complexity index is 388. The number of thioether (sulfide) groups is 1. The molecule has 1 aliphatic rings. The van der Waals surface area contributed by atoms with Crippen molar-refractivity contribution in [3.63, 3.8) is 0 Å². The van der Waals surface area contributed by atoms with E-state index in [1.807, 2.05) is 11.8 Å². The zero-order valence-electron chi connectivity index (χ0n) is 10.3. The van der Waals surface area contributed by atoms with Gasteiger partial charge in [-0.25, -0.2) is 0 Å². The van der Waals surface area contributed by atoms with E-state index in [9.17, 15) is 0 Å². The highest BCUT2D eigenvalue weighted by Gasteiger charge is 2.20. The molecule has 0 aliphatic carbocycles. The first kappa shape index (κ1) is 11.8. The molecule has 0 aromatic heterocycles. The van der Waals surface area contributed by atoms with Crippen molar-refractivity contribution in [3.8, 4) is 0 Å². The molecule has 0 bridgehead atoms. The Labute approximate surface area is 102 Å². The average Bonchev–Trinajstić information content (AvgIpc) is 2.23. The first-order valence-corrected chi connectivity index (χ1v) is 6.81. The number of nitrogens with zero attached hydrogens (tertiary/aromatic N) is 1. The first-order chi connectivity index (χ1) is 7.59. The van der Waals surface area contributed by atoms with Crippen LogP contribution < -0.4 is 10.6 Å². The van der Waals surface area contributed by atoms with Crippen LogP contribution in [0.1, 0.15) is 18.1 Å². The van der Waals surface area contributed by atoms with Gasteiger partial charge in [-0.15, -0.1) is 11.8 Å². The molecule has 2 nitrogen and oxygen atoms in total. The molecule has 1 aliphatic heterocycles. The SMILES string of the molecule is Cc1ccc2c(c1C)N(CC(C)N)CCS2. The molecule has 2 N–H and O–H groups in total. The number of anilines is 1. The Balaban J connectivity index is 2.39. The van der Waals surface area contributed by atoms with E-state index in [1.165, 1.54) is 27.5 Å². The maximum Gasteiger partial charge on any atom is 0.0537 e. The fourth-order valence-electron chi connectivity index (χ4n) is 2.19. The van der Waals surface area contributed by atoms with Crippen LogP contribution in [-0.4, -0.2) is 24.9 Å². The van der Waals surface area contributed by atoms with Crippen LogP contribution in [0.4, 0.5) is 5.69 Å². The van der Waals surface area contributed by atoms with Crippen molar-refractivity contribution < 1.29 is 0 Å². The Kier molecular flexibility index (Phi) is 3.45. The molecule has 1 aromatic carbocycles. The first-order valence-electron chi connectivity index (χ1n) is 5.83. The lowest BCUT2D eigenvalue weighted by Crippen LogP contribution is -2.39. The third-order valence-corrected chi connectivity index (χ3v) is 4.14. The largest absolute Gasteiger partial charge is 0.368 e. The highest BCUT2D eigenvalue weighted by Crippen LogP contribution is 2.38. The molecule has 1 heterocycles. The van der Waals surface area contributed by atoms with Crippen LogP contribution in [0.2, 0.25) is 0 Å². The van der Waals surface area contributed by atoms with E-state index in [4.69, 9.17) is 5.73 Å². The summed E-state index contributed by atoms with van der Waals surface area (Å²) >= 11 is 1.96. The second kappa shape index (κ2) is 4.68. The van der Waals surface area contributed by atoms with Crippen LogP contribution in [0.15, 0.2) is 17.0 Å². The maximum atomic E-state index is 5.92. The van der Waals surface area contributed by atoms with E-state index in [0.717, 1.165) is 13.1 Å². The Morgan fingerprint density at radius 1 is 1.44 bits per heavy atom. The number of aryl methyl sites for hydroxylation is 1. The van der Waals surface area contributed by atoms with Crippen LogP contribution >= 0.6 is 11.8 Å². The minimum absolute atomic E-state index is 0.232. The van der Waals surface area contributed by atoms with Gasteiger partial charge in [-0.2, -0.15) is 0 Å². The summed E-state index contributed by atoms with van der Waals surface area (Å²) < 4.78 is 0. The predicted molar refractivity (Wildman–Crippen MR) is 72.5 cm³/mol. The number of hydrogen-bond donors (Lipinski definition) is 1. The lowest BCUT2D eigenvalue weighted by atomic mass is 10.1. The lowest BCUT2D eigenvalue weighted by molar-refractivity contribution is 0.682. The number of hydrogen-bond acceptors (Lipinski definition) is 3. The molecule has 3 heteroatoms. The van der Waals surface area contributed by atoms with Gasteiger partial charge in [0.2, 0.25) is 0 Å². The van der Waals surface area contributed by atoms with Crippen molar-refractivity contribution in [1.82, 2.24) is 0 Å². The van der Waals surface area contributed by atoms with E-state index >= 15 is 0 Å². The van der Waals surface area contributed by atoms with Gasteiger partial charge in [-0.1, -0.05) is 6.07 Å². The quantitative estimate of drug-likeness (QED) is 0.855. The number of rotatable bonds is 2. The molecule has 0 fully saturated rings. The second-order valence-electron chi connectivity index (χ2n) is 4.63. The summed E-state index contributed by atoms with van der Waals surface area (Å²) in [5.41, 5.74) is 10.1. The molecule has 1 atom stereocenters. The molecule has 1 aromatic rings. The van der Waals surface area contributed by atoms with Crippen LogP contribution in [-0.2, 0) is 0 Å². The van der Waals surface area contributed by atoms with Gasteiger partial charge in [0.1, 0.15) is 0 Å². The van der Waals surface area contributed by atoms with Gasteiger partial charge in [-0.05, 0) is 38.0 Å². The van der Waals surface area contributed by atoms with Gasteiger partial charge in [0.25, 0.3) is 0 Å². The minimum atomic E-state index is 0.232. The second-order valence-corrected chi connectivity index (χ2v) is 5.76. The van der Waals surface area contributed by atoms with E-state index < -0.39 is 0 Å². The van der Waals surface area contributed by atoms with Crippen molar-refractivity contribution in [1.29, 1.82) is 0 Å². The van der Waals surface area contributed by atoms with Crippen LogP contribution in [0.5, 0.6) is 0 Å². The van der Waals surface area contributed by atoms with Crippen molar-refractivity contribution >= 4 is 17.4 Å². The summed E-state index contributed by atoms with van der Waals surface area (Å²) in [7, 11) is 0. The molecule has 0 saturated heterocycles. The number of nitrogens with two attached hydrogens (primary N) is 1. The molecule has 0 amide bonds. The Morgan fingerprint density at radius 3 is 2.88 bits per heavy atom. The fraction of sp³-hybridized carbons (Fsp3) is 0.538. The van der Waals surface area contributed by atoms with Crippen molar-refractivity contribution in [3.05, 3.63) is 23.3 Å². The van der Waals surface area contributed by atoms with Gasteiger partial charge < -0.3 is 10.6 Å². The van der Waals surface area contributed by atoms with Crippen molar-refractivity contribution in [2.75, 3.05) is 23.7 Å². The van der Waals surface area contributed by atoms with E-state index in [-0.39, 0.29) is 6.04 Å². The molecule has 0 saturated carbocycles. The highest BCUT2D eigenvalue weighted by atomic mass is 32.2. The van der Waals surface area contributed by atoms with E-state index in [1.54, 1.807) is 0 Å². The monoisotopic (exact) mass is 236 g/mol. The third kappa shape index (κ3) is 2.20. The zero-order chi connectivity index (χ0) is 11.7. The normalized spacial score (nSPS) is 17.1. The summed E-state index contributed by atoms with van der Waals surface area (Å²) in [6, 6.07) is 4.70. The smallest absolute Gasteiger partial charge is 0.0537 e. The number of benzene rings is 1. The molecular formula is C13H20N2S. The molecule has 88 valence electrons. The summed E-state index contributed by atoms with van der Waals surface area (Å²) in [6.45, 7) is 8.54. The van der Waals surface area contributed by atoms with Gasteiger partial charge in [0.15, 0.2) is 0 Å². The number of fused-ring (bicyclic) bond motifs is 1. The van der Waals surface area contributed by atoms with Gasteiger partial charge >= 0.3 is 0 Å². The molecule has 0 spiro atoms. The Morgan fingerprint density at radius 2 is 2.19 bits per heavy atom. The summed E-state index contributed by atoms with van der Waals surface area (Å²) in [6.07, 6.45) is 0. The van der Waals surface area contributed by atoms with Crippen molar-refractivity contribution in [2.24, 2.45) is 5.73 Å². The Hall–Kier alpha value is -0.670.